The summed E-state index contributed by atoms with van der Waals surface area (Å²) < 4.78 is 0. The molecule has 0 unspecified atom stereocenters. The average molecular weight is 103 g/mol. The number of hydrogen-bond donors (Lipinski definition) is 3. The van der Waals surface area contributed by atoms with Gasteiger partial charge in [0.1, 0.15) is 0 Å². The molecule has 3 heteroatoms. The number of rotatable bonds is 1. The SMILES string of the molecule is C=CN.NCCN. The van der Waals surface area contributed by atoms with Gasteiger partial charge in [0.05, 0.1) is 0 Å². The minimum atomic E-state index is 0.597. The summed E-state index contributed by atoms with van der Waals surface area (Å²) in [5.74, 6) is 0. The van der Waals surface area contributed by atoms with Gasteiger partial charge in [-0.15, -0.1) is 0 Å². The lowest BCUT2D eigenvalue weighted by atomic mass is 10.7. The van der Waals surface area contributed by atoms with Crippen molar-refractivity contribution in [2.75, 3.05) is 13.1 Å². The van der Waals surface area contributed by atoms with Crippen LogP contribution >= 0.6 is 0 Å². The first kappa shape index (κ1) is 9.68. The van der Waals surface area contributed by atoms with Gasteiger partial charge in [-0.2, -0.15) is 0 Å². The second-order valence-electron chi connectivity index (χ2n) is 0.813. The van der Waals surface area contributed by atoms with Crippen molar-refractivity contribution in [1.82, 2.24) is 0 Å². The molecule has 0 aliphatic rings. The zero-order valence-corrected chi connectivity index (χ0v) is 4.43. The lowest BCUT2D eigenvalue weighted by Gasteiger charge is -1.72. The van der Waals surface area contributed by atoms with Gasteiger partial charge in [-0.3, -0.25) is 0 Å². The fraction of sp³-hybridized carbons (Fsp3) is 0.500. The van der Waals surface area contributed by atoms with E-state index in [9.17, 15) is 0 Å². The molecule has 0 aromatic heterocycles. The van der Waals surface area contributed by atoms with E-state index < -0.39 is 0 Å². The Labute approximate surface area is 44.2 Å². The molecular weight excluding hydrogens is 90.1 g/mol. The van der Waals surface area contributed by atoms with Crippen LogP contribution in [0.25, 0.3) is 0 Å². The Hall–Kier alpha value is -0.540. The summed E-state index contributed by atoms with van der Waals surface area (Å²) in [5.41, 5.74) is 14.4. The van der Waals surface area contributed by atoms with E-state index in [0.717, 1.165) is 0 Å². The molecule has 6 N–H and O–H groups in total. The minimum absolute atomic E-state index is 0.597. The van der Waals surface area contributed by atoms with Crippen molar-refractivity contribution in [1.29, 1.82) is 0 Å². The summed E-state index contributed by atoms with van der Waals surface area (Å²) >= 11 is 0. The Bertz CT molecular complexity index is 26.1. The van der Waals surface area contributed by atoms with Gasteiger partial charge in [-0.1, -0.05) is 6.58 Å². The molecule has 0 saturated carbocycles. The topological polar surface area (TPSA) is 78.1 Å². The summed E-state index contributed by atoms with van der Waals surface area (Å²) in [6, 6.07) is 0. The van der Waals surface area contributed by atoms with E-state index in [1.54, 1.807) is 0 Å². The zero-order chi connectivity index (χ0) is 6.12. The highest BCUT2D eigenvalue weighted by atomic mass is 14.6. The Morgan fingerprint density at radius 2 is 1.43 bits per heavy atom. The van der Waals surface area contributed by atoms with Crippen molar-refractivity contribution in [2.24, 2.45) is 17.2 Å². The van der Waals surface area contributed by atoms with E-state index in [0.29, 0.717) is 13.1 Å². The van der Waals surface area contributed by atoms with Crippen molar-refractivity contribution in [3.63, 3.8) is 0 Å². The van der Waals surface area contributed by atoms with E-state index in [-0.39, 0.29) is 0 Å². The molecule has 0 fully saturated rings. The molecule has 0 aliphatic carbocycles. The van der Waals surface area contributed by atoms with Crippen molar-refractivity contribution in [3.8, 4) is 0 Å². The predicted molar refractivity (Wildman–Crippen MR) is 32.5 cm³/mol. The second-order valence-corrected chi connectivity index (χ2v) is 0.813. The fourth-order valence-electron chi connectivity index (χ4n) is 0. The van der Waals surface area contributed by atoms with Gasteiger partial charge in [0.25, 0.3) is 0 Å². The normalized spacial score (nSPS) is 6.00. The van der Waals surface area contributed by atoms with Crippen LogP contribution in [0.5, 0.6) is 0 Å². The first-order valence-electron chi connectivity index (χ1n) is 2.06. The van der Waals surface area contributed by atoms with Crippen molar-refractivity contribution >= 4 is 0 Å². The van der Waals surface area contributed by atoms with E-state index in [2.05, 4.69) is 12.3 Å². The van der Waals surface area contributed by atoms with Gasteiger partial charge in [-0.05, 0) is 6.20 Å². The summed E-state index contributed by atoms with van der Waals surface area (Å²) in [6.07, 6.45) is 1.25. The maximum absolute atomic E-state index is 4.90. The first-order chi connectivity index (χ1) is 3.33. The van der Waals surface area contributed by atoms with Crippen LogP contribution in [-0.4, -0.2) is 13.1 Å². The molecule has 0 amide bonds. The molecule has 0 saturated heterocycles. The van der Waals surface area contributed by atoms with Crippen LogP contribution in [0.1, 0.15) is 0 Å². The van der Waals surface area contributed by atoms with Crippen molar-refractivity contribution in [2.45, 2.75) is 0 Å². The first-order valence-corrected chi connectivity index (χ1v) is 2.06. The third kappa shape index (κ3) is 309. The van der Waals surface area contributed by atoms with Crippen LogP contribution in [0.4, 0.5) is 0 Å². The van der Waals surface area contributed by atoms with E-state index in [1.165, 1.54) is 6.20 Å². The quantitative estimate of drug-likeness (QED) is 0.398. The molecule has 0 atom stereocenters. The second kappa shape index (κ2) is 17.9. The molecule has 0 aromatic rings. The lowest BCUT2D eigenvalue weighted by Crippen LogP contribution is -2.11. The van der Waals surface area contributed by atoms with Crippen LogP contribution in [0.3, 0.4) is 0 Å². The highest BCUT2D eigenvalue weighted by Crippen LogP contribution is 1.24. The van der Waals surface area contributed by atoms with Gasteiger partial charge in [-0.25, -0.2) is 0 Å². The van der Waals surface area contributed by atoms with Crippen molar-refractivity contribution in [3.05, 3.63) is 12.8 Å². The molecule has 0 spiro atoms. The molecule has 0 bridgehead atoms. The van der Waals surface area contributed by atoms with Gasteiger partial charge in [0.15, 0.2) is 0 Å². The standard InChI is InChI=1S/C2H8N2.C2H5N/c3-1-2-4;1-2-3/h1-4H2;2H,1,3H2. The van der Waals surface area contributed by atoms with Crippen LogP contribution in [-0.2, 0) is 0 Å². The third-order valence-electron chi connectivity index (χ3n) is 0.167. The fourth-order valence-corrected chi connectivity index (χ4v) is 0. The number of hydrogen-bond acceptors (Lipinski definition) is 3. The van der Waals surface area contributed by atoms with Crippen LogP contribution < -0.4 is 17.2 Å². The monoisotopic (exact) mass is 103 g/mol. The van der Waals surface area contributed by atoms with Gasteiger partial charge in [0.2, 0.25) is 0 Å². The Balaban J connectivity index is 0. The highest BCUT2D eigenvalue weighted by Gasteiger charge is 1.54. The van der Waals surface area contributed by atoms with Crippen LogP contribution in [0.15, 0.2) is 12.8 Å². The molecule has 0 heterocycles. The molecule has 3 nitrogen and oxygen atoms in total. The predicted octanol–water partition coefficient (Wildman–Crippen LogP) is -1.01. The maximum Gasteiger partial charge on any atom is 0.00461 e. The van der Waals surface area contributed by atoms with Gasteiger partial charge < -0.3 is 17.2 Å². The average Bonchev–Trinajstić information content (AvgIpc) is 1.69. The van der Waals surface area contributed by atoms with Crippen molar-refractivity contribution < 1.29 is 0 Å². The molecule has 0 aliphatic heterocycles. The minimum Gasteiger partial charge on any atom is -0.405 e. The summed E-state index contributed by atoms with van der Waals surface area (Å²) in [6.45, 7) is 4.33. The number of nitrogens with two attached hydrogens (primary N) is 3. The largest absolute Gasteiger partial charge is 0.405 e. The Morgan fingerprint density at radius 1 is 1.29 bits per heavy atom. The highest BCUT2D eigenvalue weighted by molar-refractivity contribution is 4.48. The van der Waals surface area contributed by atoms with E-state index in [1.807, 2.05) is 0 Å². The van der Waals surface area contributed by atoms with E-state index in [4.69, 9.17) is 11.5 Å². The van der Waals surface area contributed by atoms with Crippen LogP contribution in [0.2, 0.25) is 0 Å². The van der Waals surface area contributed by atoms with Gasteiger partial charge in [0, 0.05) is 13.1 Å². The summed E-state index contributed by atoms with van der Waals surface area (Å²) in [4.78, 5) is 0. The molecule has 7 heavy (non-hydrogen) atoms. The lowest BCUT2D eigenvalue weighted by molar-refractivity contribution is 0.976. The Kier molecular flexibility index (Phi) is 24.8. The molecular formula is C4H13N3. The molecule has 0 aromatic carbocycles. The smallest absolute Gasteiger partial charge is 0.00461 e. The molecule has 0 rings (SSSR count). The Morgan fingerprint density at radius 3 is 1.43 bits per heavy atom. The molecule has 0 radical (unpaired) electrons. The zero-order valence-electron chi connectivity index (χ0n) is 4.43. The maximum atomic E-state index is 4.90. The van der Waals surface area contributed by atoms with Gasteiger partial charge >= 0.3 is 0 Å². The van der Waals surface area contributed by atoms with E-state index >= 15 is 0 Å². The third-order valence-corrected chi connectivity index (χ3v) is 0.167. The van der Waals surface area contributed by atoms with Crippen LogP contribution in [0, 0.1) is 0 Å². The molecule has 44 valence electrons. The summed E-state index contributed by atoms with van der Waals surface area (Å²) in [5, 5.41) is 0. The summed E-state index contributed by atoms with van der Waals surface area (Å²) in [7, 11) is 0.